The molecule has 0 atom stereocenters. The molecule has 0 unspecified atom stereocenters. The quantitative estimate of drug-likeness (QED) is 0.832. The molecule has 0 saturated carbocycles. The van der Waals surface area contributed by atoms with Crippen molar-refractivity contribution in [3.63, 3.8) is 0 Å². The van der Waals surface area contributed by atoms with Crippen LogP contribution in [0.3, 0.4) is 0 Å². The lowest BCUT2D eigenvalue weighted by molar-refractivity contribution is -0.116. The zero-order valence-corrected chi connectivity index (χ0v) is 10.9. The average molecular weight is 241 g/mol. The smallest absolute Gasteiger partial charge is 0.226 e. The van der Waals surface area contributed by atoms with Gasteiger partial charge in [0.25, 0.3) is 0 Å². The number of nitrogens with one attached hydrogen (secondary N) is 1. The standard InChI is InChI=1S/C11H19N3OS/c1-4-7-9(15)12-11-14-13-10(16-11)8(5-2)6-3/h8H,4-7H2,1-3H3,(H,12,14,15). The fraction of sp³-hybridized carbons (Fsp3) is 0.727. The first-order valence-corrected chi connectivity index (χ1v) is 6.66. The van der Waals surface area contributed by atoms with Crippen LogP contribution in [0, 0.1) is 0 Å². The van der Waals surface area contributed by atoms with Crippen LogP contribution in [0.5, 0.6) is 0 Å². The number of aromatic nitrogens is 2. The Balaban J connectivity index is 2.60. The maximum atomic E-state index is 11.4. The lowest BCUT2D eigenvalue weighted by atomic mass is 10.1. The van der Waals surface area contributed by atoms with Gasteiger partial charge in [-0.15, -0.1) is 10.2 Å². The predicted octanol–water partition coefficient (Wildman–Crippen LogP) is 3.18. The number of rotatable bonds is 6. The minimum Gasteiger partial charge on any atom is -0.301 e. The Morgan fingerprint density at radius 2 is 2.00 bits per heavy atom. The Kier molecular flexibility index (Phi) is 5.38. The highest BCUT2D eigenvalue weighted by molar-refractivity contribution is 7.15. The molecule has 0 aliphatic rings. The molecule has 1 aromatic rings. The van der Waals surface area contributed by atoms with Crippen molar-refractivity contribution in [2.75, 3.05) is 5.32 Å². The van der Waals surface area contributed by atoms with Gasteiger partial charge in [-0.2, -0.15) is 0 Å². The van der Waals surface area contributed by atoms with Gasteiger partial charge < -0.3 is 5.32 Å². The number of carbonyl (C=O) groups excluding carboxylic acids is 1. The molecule has 0 aromatic carbocycles. The van der Waals surface area contributed by atoms with Crippen LogP contribution >= 0.6 is 11.3 Å². The van der Waals surface area contributed by atoms with E-state index in [0.29, 0.717) is 17.5 Å². The van der Waals surface area contributed by atoms with E-state index in [-0.39, 0.29) is 5.91 Å². The lowest BCUT2D eigenvalue weighted by Gasteiger charge is -2.05. The van der Waals surface area contributed by atoms with Crippen molar-refractivity contribution >= 4 is 22.4 Å². The molecule has 1 aromatic heterocycles. The Labute approximate surface area is 100 Å². The molecule has 1 N–H and O–H groups in total. The summed E-state index contributed by atoms with van der Waals surface area (Å²) in [7, 11) is 0. The molecule has 5 heteroatoms. The number of amides is 1. The molecule has 0 radical (unpaired) electrons. The van der Waals surface area contributed by atoms with E-state index in [0.717, 1.165) is 24.3 Å². The summed E-state index contributed by atoms with van der Waals surface area (Å²) < 4.78 is 0. The SMILES string of the molecule is CCCC(=O)Nc1nnc(C(CC)CC)s1. The van der Waals surface area contributed by atoms with Crippen LogP contribution in [-0.2, 0) is 4.79 Å². The molecule has 90 valence electrons. The molecule has 0 saturated heterocycles. The highest BCUT2D eigenvalue weighted by Gasteiger charge is 2.14. The first kappa shape index (κ1) is 13.1. The Bertz CT molecular complexity index is 334. The van der Waals surface area contributed by atoms with Gasteiger partial charge in [-0.05, 0) is 19.3 Å². The summed E-state index contributed by atoms with van der Waals surface area (Å²) in [6, 6.07) is 0. The van der Waals surface area contributed by atoms with Gasteiger partial charge >= 0.3 is 0 Å². The highest BCUT2D eigenvalue weighted by atomic mass is 32.1. The van der Waals surface area contributed by atoms with E-state index in [1.807, 2.05) is 6.92 Å². The summed E-state index contributed by atoms with van der Waals surface area (Å²) in [6.07, 6.45) is 3.52. The van der Waals surface area contributed by atoms with Gasteiger partial charge in [-0.25, -0.2) is 0 Å². The molecule has 0 spiro atoms. The van der Waals surface area contributed by atoms with Crippen molar-refractivity contribution in [1.29, 1.82) is 0 Å². The summed E-state index contributed by atoms with van der Waals surface area (Å²) in [5.74, 6) is 0.490. The third kappa shape index (κ3) is 3.56. The zero-order valence-electron chi connectivity index (χ0n) is 10.1. The van der Waals surface area contributed by atoms with Crippen molar-refractivity contribution in [2.24, 2.45) is 0 Å². The first-order chi connectivity index (χ1) is 7.71. The number of hydrogen-bond acceptors (Lipinski definition) is 4. The van der Waals surface area contributed by atoms with E-state index < -0.39 is 0 Å². The Hall–Kier alpha value is -0.970. The maximum absolute atomic E-state index is 11.4. The fourth-order valence-electron chi connectivity index (χ4n) is 1.50. The van der Waals surface area contributed by atoms with Crippen LogP contribution < -0.4 is 5.32 Å². The molecule has 1 amide bonds. The topological polar surface area (TPSA) is 54.9 Å². The summed E-state index contributed by atoms with van der Waals surface area (Å²) in [6.45, 7) is 6.27. The third-order valence-electron chi connectivity index (χ3n) is 2.50. The molecule has 0 aliphatic heterocycles. The lowest BCUT2D eigenvalue weighted by Crippen LogP contribution is -2.10. The zero-order chi connectivity index (χ0) is 12.0. The molecule has 0 aliphatic carbocycles. The van der Waals surface area contributed by atoms with E-state index >= 15 is 0 Å². The second kappa shape index (κ2) is 6.58. The minimum absolute atomic E-state index is 0.0229. The number of nitrogens with zero attached hydrogens (tertiary/aromatic N) is 2. The molecule has 0 fully saturated rings. The van der Waals surface area contributed by atoms with Crippen molar-refractivity contribution in [2.45, 2.75) is 52.4 Å². The summed E-state index contributed by atoms with van der Waals surface area (Å²) in [5, 5.41) is 12.5. The molecule has 1 heterocycles. The number of anilines is 1. The molecule has 4 nitrogen and oxygen atoms in total. The summed E-state index contributed by atoms with van der Waals surface area (Å²) in [5.41, 5.74) is 0. The van der Waals surface area contributed by atoms with Gasteiger partial charge in [0.05, 0.1) is 0 Å². The molecule has 0 bridgehead atoms. The van der Waals surface area contributed by atoms with Crippen LogP contribution in [-0.4, -0.2) is 16.1 Å². The fourth-order valence-corrected chi connectivity index (χ4v) is 2.52. The number of hydrogen-bond donors (Lipinski definition) is 1. The third-order valence-corrected chi connectivity index (χ3v) is 3.50. The van der Waals surface area contributed by atoms with Crippen molar-refractivity contribution in [1.82, 2.24) is 10.2 Å². The predicted molar refractivity (Wildman–Crippen MR) is 66.8 cm³/mol. The largest absolute Gasteiger partial charge is 0.301 e. The van der Waals surface area contributed by atoms with Gasteiger partial charge in [0.1, 0.15) is 5.01 Å². The van der Waals surface area contributed by atoms with Gasteiger partial charge in [-0.1, -0.05) is 32.1 Å². The Morgan fingerprint density at radius 3 is 2.56 bits per heavy atom. The first-order valence-electron chi connectivity index (χ1n) is 5.84. The van der Waals surface area contributed by atoms with Crippen molar-refractivity contribution in [3.8, 4) is 0 Å². The second-order valence-corrected chi connectivity index (χ2v) is 4.77. The van der Waals surface area contributed by atoms with Crippen LogP contribution in [0.25, 0.3) is 0 Å². The van der Waals surface area contributed by atoms with Crippen molar-refractivity contribution in [3.05, 3.63) is 5.01 Å². The van der Waals surface area contributed by atoms with Crippen molar-refractivity contribution < 1.29 is 4.79 Å². The van der Waals surface area contributed by atoms with E-state index in [1.165, 1.54) is 11.3 Å². The van der Waals surface area contributed by atoms with Crippen LogP contribution in [0.1, 0.15) is 57.4 Å². The summed E-state index contributed by atoms with van der Waals surface area (Å²) >= 11 is 1.49. The van der Waals surface area contributed by atoms with Gasteiger partial charge in [0.2, 0.25) is 11.0 Å². The minimum atomic E-state index is 0.0229. The van der Waals surface area contributed by atoms with Gasteiger partial charge in [0.15, 0.2) is 0 Å². The van der Waals surface area contributed by atoms with Crippen LogP contribution in [0.4, 0.5) is 5.13 Å². The maximum Gasteiger partial charge on any atom is 0.226 e. The molecule has 16 heavy (non-hydrogen) atoms. The molecular weight excluding hydrogens is 222 g/mol. The van der Waals surface area contributed by atoms with Gasteiger partial charge in [-0.3, -0.25) is 4.79 Å². The molecular formula is C11H19N3OS. The van der Waals surface area contributed by atoms with Gasteiger partial charge in [0, 0.05) is 12.3 Å². The highest BCUT2D eigenvalue weighted by Crippen LogP contribution is 2.27. The average Bonchev–Trinajstić information content (AvgIpc) is 2.68. The normalized spacial score (nSPS) is 10.8. The van der Waals surface area contributed by atoms with E-state index in [9.17, 15) is 4.79 Å². The van der Waals surface area contributed by atoms with E-state index in [1.54, 1.807) is 0 Å². The monoisotopic (exact) mass is 241 g/mol. The van der Waals surface area contributed by atoms with E-state index in [2.05, 4.69) is 29.4 Å². The molecule has 1 rings (SSSR count). The summed E-state index contributed by atoms with van der Waals surface area (Å²) in [4.78, 5) is 11.4. The Morgan fingerprint density at radius 1 is 1.31 bits per heavy atom. The number of carbonyl (C=O) groups is 1. The van der Waals surface area contributed by atoms with Crippen LogP contribution in [0.2, 0.25) is 0 Å². The van der Waals surface area contributed by atoms with E-state index in [4.69, 9.17) is 0 Å². The van der Waals surface area contributed by atoms with Crippen LogP contribution in [0.15, 0.2) is 0 Å². The second-order valence-electron chi connectivity index (χ2n) is 3.76.